The monoisotopic (exact) mass is 568 g/mol. The van der Waals surface area contributed by atoms with Gasteiger partial charge >= 0.3 is 5.97 Å². The van der Waals surface area contributed by atoms with Gasteiger partial charge in [0, 0.05) is 36.4 Å². The van der Waals surface area contributed by atoms with Gasteiger partial charge in [0.05, 0.1) is 0 Å². The maximum absolute atomic E-state index is 13.3. The van der Waals surface area contributed by atoms with Crippen LogP contribution in [0, 0.1) is 0 Å². The summed E-state index contributed by atoms with van der Waals surface area (Å²) in [5, 5.41) is 25.3. The number of rotatable bonds is 9. The number of benzene rings is 4. The minimum atomic E-state index is -0.870. The standard InChI is InChI=1S/C33H29ClN2O5/c1-19(37)35-31(16-20-2-10-25(38)11-3-20)33(41)36-24-9-13-27-26-12-6-22(21-4-7-23(34)8-5-21)17-29(26)28(30(27)18-24)14-15-32(39)40/h2-13,17-18,28,31,38H,14-16H2,1H3,(H,35,37)(H,36,41)(H,39,40). The van der Waals surface area contributed by atoms with Crippen molar-refractivity contribution in [1.29, 1.82) is 0 Å². The molecule has 1 aliphatic carbocycles. The first kappa shape index (κ1) is 27.9. The van der Waals surface area contributed by atoms with Crippen molar-refractivity contribution in [3.05, 3.63) is 107 Å². The molecule has 0 fully saturated rings. The number of amides is 2. The van der Waals surface area contributed by atoms with E-state index in [-0.39, 0.29) is 36.3 Å². The van der Waals surface area contributed by atoms with Gasteiger partial charge in [0.1, 0.15) is 11.8 Å². The number of nitrogens with one attached hydrogen (secondary N) is 2. The molecular weight excluding hydrogens is 540 g/mol. The molecule has 2 amide bonds. The zero-order chi connectivity index (χ0) is 29.1. The number of phenols is 1. The fourth-order valence-corrected chi connectivity index (χ4v) is 5.52. The second-order valence-electron chi connectivity index (χ2n) is 10.2. The van der Waals surface area contributed by atoms with Crippen molar-refractivity contribution in [2.75, 3.05) is 5.32 Å². The van der Waals surface area contributed by atoms with Crippen LogP contribution in [0.15, 0.2) is 84.9 Å². The van der Waals surface area contributed by atoms with Gasteiger partial charge in [-0.25, -0.2) is 0 Å². The maximum atomic E-state index is 13.3. The molecule has 0 aliphatic heterocycles. The molecule has 208 valence electrons. The van der Waals surface area contributed by atoms with Gasteiger partial charge in [0.15, 0.2) is 0 Å². The lowest BCUT2D eigenvalue weighted by Crippen LogP contribution is -2.44. The van der Waals surface area contributed by atoms with E-state index in [1.54, 1.807) is 12.1 Å². The van der Waals surface area contributed by atoms with Crippen LogP contribution in [-0.4, -0.2) is 34.0 Å². The first-order valence-corrected chi connectivity index (χ1v) is 13.7. The van der Waals surface area contributed by atoms with E-state index in [0.29, 0.717) is 17.1 Å². The van der Waals surface area contributed by atoms with Crippen molar-refractivity contribution < 1.29 is 24.6 Å². The Morgan fingerprint density at radius 2 is 1.49 bits per heavy atom. The third-order valence-electron chi connectivity index (χ3n) is 7.31. The average molecular weight is 569 g/mol. The molecular formula is C33H29ClN2O5. The molecule has 0 heterocycles. The molecule has 0 aromatic heterocycles. The molecule has 1 aliphatic rings. The number of carboxylic acid groups (broad SMARTS) is 1. The Hall–Kier alpha value is -4.62. The summed E-state index contributed by atoms with van der Waals surface area (Å²) in [5.41, 5.74) is 7.38. The molecule has 0 saturated heterocycles. The molecule has 0 spiro atoms. The van der Waals surface area contributed by atoms with E-state index >= 15 is 0 Å². The summed E-state index contributed by atoms with van der Waals surface area (Å²) in [6.45, 7) is 1.36. The molecule has 5 rings (SSSR count). The van der Waals surface area contributed by atoms with Gasteiger partial charge in [-0.15, -0.1) is 0 Å². The Labute approximate surface area is 242 Å². The number of carbonyl (C=O) groups excluding carboxylic acids is 2. The van der Waals surface area contributed by atoms with Gasteiger partial charge in [-0.2, -0.15) is 0 Å². The molecule has 0 bridgehead atoms. The number of carboxylic acids is 1. The van der Waals surface area contributed by atoms with Crippen molar-refractivity contribution in [2.45, 2.75) is 38.1 Å². The molecule has 0 saturated carbocycles. The SMILES string of the molecule is CC(=O)NC(Cc1ccc(O)cc1)C(=O)Nc1ccc2c(c1)C(CCC(=O)O)c1cc(-c3ccc(Cl)cc3)ccc1-2. The Kier molecular flexibility index (Phi) is 8.08. The zero-order valence-corrected chi connectivity index (χ0v) is 23.1. The number of halogens is 1. The van der Waals surface area contributed by atoms with Crippen LogP contribution in [0.4, 0.5) is 5.69 Å². The molecule has 8 heteroatoms. The van der Waals surface area contributed by atoms with Gasteiger partial charge in [-0.3, -0.25) is 14.4 Å². The van der Waals surface area contributed by atoms with E-state index in [1.807, 2.05) is 48.5 Å². The summed E-state index contributed by atoms with van der Waals surface area (Å²) >= 11 is 6.07. The second-order valence-corrected chi connectivity index (χ2v) is 10.6. The highest BCUT2D eigenvalue weighted by Crippen LogP contribution is 2.49. The van der Waals surface area contributed by atoms with E-state index in [2.05, 4.69) is 22.8 Å². The maximum Gasteiger partial charge on any atom is 0.303 e. The number of anilines is 1. The molecule has 2 atom stereocenters. The van der Waals surface area contributed by atoms with Crippen LogP contribution < -0.4 is 10.6 Å². The number of carbonyl (C=O) groups is 3. The van der Waals surface area contributed by atoms with Crippen molar-refractivity contribution in [3.8, 4) is 28.0 Å². The summed E-state index contributed by atoms with van der Waals surface area (Å²) in [5.74, 6) is -1.63. The third-order valence-corrected chi connectivity index (χ3v) is 7.56. The van der Waals surface area contributed by atoms with Crippen molar-refractivity contribution in [2.24, 2.45) is 0 Å². The summed E-state index contributed by atoms with van der Waals surface area (Å²) in [6.07, 6.45) is 0.658. The Morgan fingerprint density at radius 3 is 2.15 bits per heavy atom. The molecule has 2 unspecified atom stereocenters. The lowest BCUT2D eigenvalue weighted by molar-refractivity contribution is -0.137. The van der Waals surface area contributed by atoms with Crippen LogP contribution in [0.5, 0.6) is 5.75 Å². The van der Waals surface area contributed by atoms with Crippen LogP contribution in [0.25, 0.3) is 22.3 Å². The average Bonchev–Trinajstić information content (AvgIpc) is 3.24. The molecule has 41 heavy (non-hydrogen) atoms. The third kappa shape index (κ3) is 6.42. The quantitative estimate of drug-likeness (QED) is 0.187. The lowest BCUT2D eigenvalue weighted by Gasteiger charge is -2.19. The smallest absolute Gasteiger partial charge is 0.303 e. The summed E-state index contributed by atoms with van der Waals surface area (Å²) in [6, 6.07) is 25.1. The molecule has 7 nitrogen and oxygen atoms in total. The molecule has 4 aromatic rings. The topological polar surface area (TPSA) is 116 Å². The fraction of sp³-hybridized carbons (Fsp3) is 0.182. The van der Waals surface area contributed by atoms with E-state index < -0.39 is 12.0 Å². The fourth-order valence-electron chi connectivity index (χ4n) is 5.39. The molecule has 4 aromatic carbocycles. The van der Waals surface area contributed by atoms with Gasteiger partial charge in [-0.1, -0.05) is 54.1 Å². The van der Waals surface area contributed by atoms with Crippen molar-refractivity contribution in [1.82, 2.24) is 5.32 Å². The molecule has 4 N–H and O–H groups in total. The minimum absolute atomic E-state index is 0.00252. The largest absolute Gasteiger partial charge is 0.508 e. The van der Waals surface area contributed by atoms with E-state index in [4.69, 9.17) is 11.6 Å². The number of phenolic OH excluding ortho intramolecular Hbond substituents is 1. The first-order valence-electron chi connectivity index (χ1n) is 13.3. The van der Waals surface area contributed by atoms with Crippen molar-refractivity contribution in [3.63, 3.8) is 0 Å². The minimum Gasteiger partial charge on any atom is -0.508 e. The summed E-state index contributed by atoms with van der Waals surface area (Å²) in [4.78, 5) is 36.7. The summed E-state index contributed by atoms with van der Waals surface area (Å²) < 4.78 is 0. The zero-order valence-electron chi connectivity index (χ0n) is 22.4. The van der Waals surface area contributed by atoms with Crippen LogP contribution in [0.3, 0.4) is 0 Å². The van der Waals surface area contributed by atoms with Gasteiger partial charge < -0.3 is 20.8 Å². The predicted octanol–water partition coefficient (Wildman–Crippen LogP) is 6.38. The first-order chi connectivity index (χ1) is 19.7. The highest BCUT2D eigenvalue weighted by atomic mass is 35.5. The molecule has 0 radical (unpaired) electrons. The normalized spacial score (nSPS) is 14.0. The number of aliphatic carboxylic acids is 1. The summed E-state index contributed by atoms with van der Waals surface area (Å²) in [7, 11) is 0. The van der Waals surface area contributed by atoms with Gasteiger partial charge in [0.25, 0.3) is 0 Å². The van der Waals surface area contributed by atoms with E-state index in [9.17, 15) is 24.6 Å². The van der Waals surface area contributed by atoms with Gasteiger partial charge in [-0.05, 0) is 87.8 Å². The van der Waals surface area contributed by atoms with Crippen LogP contribution in [-0.2, 0) is 20.8 Å². The number of aromatic hydroxyl groups is 1. The predicted molar refractivity (Wildman–Crippen MR) is 159 cm³/mol. The van der Waals surface area contributed by atoms with E-state index in [0.717, 1.165) is 38.9 Å². The van der Waals surface area contributed by atoms with Crippen LogP contribution in [0.2, 0.25) is 5.02 Å². The second kappa shape index (κ2) is 11.9. The number of hydrogen-bond acceptors (Lipinski definition) is 4. The van der Waals surface area contributed by atoms with Gasteiger partial charge in [0.2, 0.25) is 11.8 Å². The highest BCUT2D eigenvalue weighted by Gasteiger charge is 2.30. The van der Waals surface area contributed by atoms with E-state index in [1.165, 1.54) is 19.1 Å². The number of fused-ring (bicyclic) bond motifs is 3. The lowest BCUT2D eigenvalue weighted by atomic mass is 9.90. The Morgan fingerprint density at radius 1 is 0.854 bits per heavy atom. The Balaban J connectivity index is 1.43. The van der Waals surface area contributed by atoms with Crippen LogP contribution in [0.1, 0.15) is 42.4 Å². The van der Waals surface area contributed by atoms with Crippen molar-refractivity contribution >= 4 is 35.1 Å². The van der Waals surface area contributed by atoms with Crippen LogP contribution >= 0.6 is 11.6 Å². The highest BCUT2D eigenvalue weighted by molar-refractivity contribution is 6.30. The Bertz CT molecular complexity index is 1620. The number of hydrogen-bond donors (Lipinski definition) is 4.